The molecular formula is C19H20N4O2S. The molecule has 26 heavy (non-hydrogen) atoms. The number of hydrogen-bond donors (Lipinski definition) is 0. The van der Waals surface area contributed by atoms with Crippen molar-refractivity contribution in [1.29, 1.82) is 0 Å². The molecule has 0 aliphatic carbocycles. The van der Waals surface area contributed by atoms with Crippen molar-refractivity contribution in [2.75, 3.05) is 7.05 Å². The first-order chi connectivity index (χ1) is 12.5. The van der Waals surface area contributed by atoms with Crippen LogP contribution in [0, 0.1) is 13.8 Å². The van der Waals surface area contributed by atoms with E-state index >= 15 is 0 Å². The Bertz CT molecular complexity index is 1020. The molecule has 4 aromatic rings. The van der Waals surface area contributed by atoms with Gasteiger partial charge in [-0.2, -0.15) is 0 Å². The predicted octanol–water partition coefficient (Wildman–Crippen LogP) is 4.75. The molecule has 0 saturated carbocycles. The molecule has 0 saturated heterocycles. The third-order valence-corrected chi connectivity index (χ3v) is 5.66. The molecule has 3 heterocycles. The summed E-state index contributed by atoms with van der Waals surface area (Å²) in [5.41, 5.74) is 1.89. The van der Waals surface area contributed by atoms with Crippen molar-refractivity contribution in [1.82, 2.24) is 20.1 Å². The molecule has 7 heteroatoms. The normalized spacial score (nSPS) is 13.0. The summed E-state index contributed by atoms with van der Waals surface area (Å²) in [6.07, 6.45) is 0. The first kappa shape index (κ1) is 16.9. The van der Waals surface area contributed by atoms with Crippen LogP contribution in [-0.4, -0.2) is 27.1 Å². The van der Waals surface area contributed by atoms with Gasteiger partial charge in [-0.05, 0) is 46.0 Å². The number of rotatable bonds is 5. The van der Waals surface area contributed by atoms with Crippen LogP contribution in [0.4, 0.5) is 0 Å². The number of furan rings is 1. The highest BCUT2D eigenvalue weighted by molar-refractivity contribution is 7.18. The van der Waals surface area contributed by atoms with E-state index in [0.29, 0.717) is 18.3 Å². The quantitative estimate of drug-likeness (QED) is 0.506. The molecule has 0 amide bonds. The average Bonchev–Trinajstić information content (AvgIpc) is 3.32. The van der Waals surface area contributed by atoms with Gasteiger partial charge in [0.25, 0.3) is 5.89 Å². The second-order valence-corrected chi connectivity index (χ2v) is 7.50. The van der Waals surface area contributed by atoms with Crippen LogP contribution in [0.2, 0.25) is 0 Å². The minimum absolute atomic E-state index is 0.153. The number of fused-ring (bicyclic) bond motifs is 1. The second kappa shape index (κ2) is 6.66. The fraction of sp³-hybridized carbons (Fsp3) is 0.316. The molecule has 0 radical (unpaired) electrons. The van der Waals surface area contributed by atoms with E-state index in [-0.39, 0.29) is 6.04 Å². The summed E-state index contributed by atoms with van der Waals surface area (Å²) in [4.78, 5) is 6.90. The van der Waals surface area contributed by atoms with Gasteiger partial charge in [0.05, 0.1) is 28.4 Å². The summed E-state index contributed by atoms with van der Waals surface area (Å²) in [6, 6.07) is 10.3. The molecule has 3 aromatic heterocycles. The SMILES string of the molecule is Cc1cc(-c2nnc(CN(C)[C@@H](C)c3nc4ccccc4s3)o2)c(C)o1. The van der Waals surface area contributed by atoms with E-state index in [4.69, 9.17) is 13.8 Å². The molecule has 0 fully saturated rings. The van der Waals surface area contributed by atoms with Gasteiger partial charge in [-0.15, -0.1) is 21.5 Å². The average molecular weight is 368 g/mol. The zero-order valence-electron chi connectivity index (χ0n) is 15.2. The number of thiazole rings is 1. The zero-order chi connectivity index (χ0) is 18.3. The Morgan fingerprint density at radius 2 is 1.96 bits per heavy atom. The van der Waals surface area contributed by atoms with E-state index < -0.39 is 0 Å². The summed E-state index contributed by atoms with van der Waals surface area (Å²) in [5, 5.41) is 9.43. The molecule has 0 unspecified atom stereocenters. The van der Waals surface area contributed by atoms with E-state index in [1.165, 1.54) is 4.70 Å². The van der Waals surface area contributed by atoms with Crippen molar-refractivity contribution in [3.05, 3.63) is 52.8 Å². The van der Waals surface area contributed by atoms with Crippen molar-refractivity contribution in [2.24, 2.45) is 0 Å². The van der Waals surface area contributed by atoms with Gasteiger partial charge in [-0.3, -0.25) is 4.90 Å². The number of aryl methyl sites for hydroxylation is 2. The van der Waals surface area contributed by atoms with Gasteiger partial charge in [0.1, 0.15) is 16.5 Å². The Kier molecular flexibility index (Phi) is 4.34. The molecule has 6 nitrogen and oxygen atoms in total. The fourth-order valence-corrected chi connectivity index (χ4v) is 3.96. The lowest BCUT2D eigenvalue weighted by Crippen LogP contribution is -2.22. The Morgan fingerprint density at radius 3 is 2.69 bits per heavy atom. The van der Waals surface area contributed by atoms with Gasteiger partial charge in [0.2, 0.25) is 5.89 Å². The van der Waals surface area contributed by atoms with Crippen LogP contribution < -0.4 is 0 Å². The van der Waals surface area contributed by atoms with Crippen LogP contribution in [0.5, 0.6) is 0 Å². The van der Waals surface area contributed by atoms with Gasteiger partial charge in [-0.25, -0.2) is 4.98 Å². The highest BCUT2D eigenvalue weighted by Crippen LogP contribution is 2.30. The second-order valence-electron chi connectivity index (χ2n) is 6.44. The molecule has 0 N–H and O–H groups in total. The fourth-order valence-electron chi connectivity index (χ4n) is 2.88. The van der Waals surface area contributed by atoms with Crippen LogP contribution in [0.1, 0.15) is 35.4 Å². The maximum absolute atomic E-state index is 5.84. The van der Waals surface area contributed by atoms with E-state index in [1.807, 2.05) is 45.2 Å². The van der Waals surface area contributed by atoms with Crippen LogP contribution in [0.3, 0.4) is 0 Å². The van der Waals surface area contributed by atoms with Crippen LogP contribution in [0.25, 0.3) is 21.7 Å². The summed E-state index contributed by atoms with van der Waals surface area (Å²) in [5.74, 6) is 2.69. The van der Waals surface area contributed by atoms with Crippen LogP contribution in [0.15, 0.2) is 39.2 Å². The largest absolute Gasteiger partial charge is 0.466 e. The van der Waals surface area contributed by atoms with Crippen LogP contribution in [-0.2, 0) is 6.54 Å². The van der Waals surface area contributed by atoms with Crippen molar-refractivity contribution in [3.8, 4) is 11.5 Å². The molecular weight excluding hydrogens is 348 g/mol. The van der Waals surface area contributed by atoms with Crippen LogP contribution >= 0.6 is 11.3 Å². The summed E-state index contributed by atoms with van der Waals surface area (Å²) in [7, 11) is 2.04. The van der Waals surface area contributed by atoms with Gasteiger partial charge in [0, 0.05) is 0 Å². The smallest absolute Gasteiger partial charge is 0.251 e. The predicted molar refractivity (Wildman–Crippen MR) is 101 cm³/mol. The number of aromatic nitrogens is 3. The Labute approximate surface area is 155 Å². The minimum Gasteiger partial charge on any atom is -0.466 e. The minimum atomic E-state index is 0.153. The van der Waals surface area contributed by atoms with Gasteiger partial charge in [0.15, 0.2) is 0 Å². The van der Waals surface area contributed by atoms with E-state index in [2.05, 4.69) is 28.1 Å². The molecule has 1 aromatic carbocycles. The molecule has 0 spiro atoms. The van der Waals surface area contributed by atoms with Crippen molar-refractivity contribution >= 4 is 21.6 Å². The highest BCUT2D eigenvalue weighted by atomic mass is 32.1. The first-order valence-corrected chi connectivity index (χ1v) is 9.28. The standard InChI is InChI=1S/C19H20N4O2S/c1-11-9-14(13(3)24-11)18-22-21-17(25-18)10-23(4)12(2)19-20-15-7-5-6-8-16(15)26-19/h5-9,12H,10H2,1-4H3/t12-/m0/s1. The Balaban J connectivity index is 1.51. The number of benzene rings is 1. The maximum atomic E-state index is 5.84. The lowest BCUT2D eigenvalue weighted by molar-refractivity contribution is 0.228. The number of para-hydroxylation sites is 1. The molecule has 0 aliphatic rings. The Hall–Kier alpha value is -2.51. The van der Waals surface area contributed by atoms with Crippen molar-refractivity contribution in [2.45, 2.75) is 33.4 Å². The third kappa shape index (κ3) is 3.15. The maximum Gasteiger partial charge on any atom is 0.251 e. The van der Waals surface area contributed by atoms with Gasteiger partial charge < -0.3 is 8.83 Å². The van der Waals surface area contributed by atoms with E-state index in [0.717, 1.165) is 27.6 Å². The Morgan fingerprint density at radius 1 is 1.15 bits per heavy atom. The molecule has 0 bridgehead atoms. The number of hydrogen-bond acceptors (Lipinski definition) is 7. The first-order valence-electron chi connectivity index (χ1n) is 8.47. The molecule has 0 aliphatic heterocycles. The van der Waals surface area contributed by atoms with Crippen molar-refractivity contribution in [3.63, 3.8) is 0 Å². The highest BCUT2D eigenvalue weighted by Gasteiger charge is 2.20. The number of nitrogens with zero attached hydrogens (tertiary/aromatic N) is 4. The lowest BCUT2D eigenvalue weighted by atomic mass is 10.2. The van der Waals surface area contributed by atoms with Crippen molar-refractivity contribution < 1.29 is 8.83 Å². The summed E-state index contributed by atoms with van der Waals surface area (Å²) < 4.78 is 12.6. The molecule has 134 valence electrons. The van der Waals surface area contributed by atoms with E-state index in [9.17, 15) is 0 Å². The lowest BCUT2D eigenvalue weighted by Gasteiger charge is -2.20. The van der Waals surface area contributed by atoms with Gasteiger partial charge >= 0.3 is 0 Å². The zero-order valence-corrected chi connectivity index (χ0v) is 16.0. The summed E-state index contributed by atoms with van der Waals surface area (Å²) in [6.45, 7) is 6.49. The van der Waals surface area contributed by atoms with Gasteiger partial charge in [-0.1, -0.05) is 12.1 Å². The van der Waals surface area contributed by atoms with E-state index in [1.54, 1.807) is 11.3 Å². The molecule has 1 atom stereocenters. The molecule has 4 rings (SSSR count). The topological polar surface area (TPSA) is 68.2 Å². The monoisotopic (exact) mass is 368 g/mol. The summed E-state index contributed by atoms with van der Waals surface area (Å²) >= 11 is 1.72. The third-order valence-electron chi connectivity index (χ3n) is 4.45.